The van der Waals surface area contributed by atoms with Gasteiger partial charge in [0.2, 0.25) is 0 Å². The second kappa shape index (κ2) is 6.08. The summed E-state index contributed by atoms with van der Waals surface area (Å²) in [6.07, 6.45) is 1.91. The van der Waals surface area contributed by atoms with Crippen molar-refractivity contribution < 1.29 is 9.90 Å². The Morgan fingerprint density at radius 2 is 2.26 bits per heavy atom. The van der Waals surface area contributed by atoms with Gasteiger partial charge in [0.25, 0.3) is 5.91 Å². The van der Waals surface area contributed by atoms with Gasteiger partial charge in [-0.05, 0) is 25.3 Å². The van der Waals surface area contributed by atoms with E-state index in [9.17, 15) is 9.90 Å². The van der Waals surface area contributed by atoms with Crippen molar-refractivity contribution in [2.24, 2.45) is 0 Å². The molecule has 1 heterocycles. The third-order valence-electron chi connectivity index (χ3n) is 3.00. The van der Waals surface area contributed by atoms with E-state index in [1.807, 2.05) is 37.4 Å². The highest BCUT2D eigenvalue weighted by Crippen LogP contribution is 2.12. The van der Waals surface area contributed by atoms with Crippen LogP contribution in [0.15, 0.2) is 24.3 Å². The maximum atomic E-state index is 12.1. The first-order valence-electron chi connectivity index (χ1n) is 6.05. The molecule has 3 N–H and O–H groups in total. The predicted molar refractivity (Wildman–Crippen MR) is 77.4 cm³/mol. The molecule has 0 aliphatic rings. The lowest BCUT2D eigenvalue weighted by molar-refractivity contribution is 0.0926. The minimum absolute atomic E-state index is 0.0201. The van der Waals surface area contributed by atoms with Crippen molar-refractivity contribution >= 4 is 28.7 Å². The number of para-hydroxylation sites is 2. The van der Waals surface area contributed by atoms with Gasteiger partial charge in [0.1, 0.15) is 0 Å². The molecule has 0 unspecified atom stereocenters. The number of hydrogen-bond acceptors (Lipinski definition) is 4. The third kappa shape index (κ3) is 3.08. The van der Waals surface area contributed by atoms with Crippen LogP contribution in [0, 0.1) is 0 Å². The van der Waals surface area contributed by atoms with Crippen LogP contribution in [-0.2, 0) is 0 Å². The van der Waals surface area contributed by atoms with Gasteiger partial charge in [0.05, 0.1) is 17.6 Å². The first-order chi connectivity index (χ1) is 9.15. The fourth-order valence-electron chi connectivity index (χ4n) is 1.87. The third-order valence-corrected chi connectivity index (χ3v) is 4.17. The molecule has 19 heavy (non-hydrogen) atoms. The smallest absolute Gasteiger partial charge is 0.287 e. The number of carbonyl (C=O) groups is 1. The largest absolute Gasteiger partial charge is 0.395 e. The minimum Gasteiger partial charge on any atom is -0.395 e. The number of H-pyrrole nitrogens is 1. The second-order valence-corrected chi connectivity index (χ2v) is 5.40. The van der Waals surface area contributed by atoms with Gasteiger partial charge in [-0.2, -0.15) is 11.8 Å². The van der Waals surface area contributed by atoms with Crippen molar-refractivity contribution in [3.8, 4) is 0 Å². The Balaban J connectivity index is 2.11. The summed E-state index contributed by atoms with van der Waals surface area (Å²) in [7, 11) is 0. The highest BCUT2D eigenvalue weighted by Gasteiger charge is 2.19. The molecule has 1 amide bonds. The summed E-state index contributed by atoms with van der Waals surface area (Å²) in [5, 5.41) is 12.0. The molecule has 2 aromatic rings. The zero-order valence-electron chi connectivity index (χ0n) is 10.9. The van der Waals surface area contributed by atoms with Gasteiger partial charge in [-0.1, -0.05) is 12.1 Å². The number of rotatable bonds is 5. The van der Waals surface area contributed by atoms with Crippen LogP contribution in [0.3, 0.4) is 0 Å². The lowest BCUT2D eigenvalue weighted by atomic mass is 10.2. The van der Waals surface area contributed by atoms with Crippen molar-refractivity contribution in [1.29, 1.82) is 0 Å². The molecule has 0 saturated carbocycles. The van der Waals surface area contributed by atoms with Crippen LogP contribution in [0.2, 0.25) is 0 Å². The predicted octanol–water partition coefficient (Wildman–Crippen LogP) is 1.41. The summed E-state index contributed by atoms with van der Waals surface area (Å²) >= 11 is 1.52. The Bertz CT molecular complexity index is 533. The number of amides is 1. The van der Waals surface area contributed by atoms with Crippen molar-refractivity contribution in [2.45, 2.75) is 18.2 Å². The standard InChI is InChI=1S/C13H17N3O2S/c1-8(11(7-17)19-2)14-13(18)12-15-9-5-3-4-6-10(9)16-12/h3-6,8,11,17H,7H2,1-2H3,(H,14,18)(H,15,16)/t8-,11+/m0/s1. The maximum Gasteiger partial charge on any atom is 0.287 e. The van der Waals surface area contributed by atoms with Crippen LogP contribution >= 0.6 is 11.8 Å². The number of nitrogens with one attached hydrogen (secondary N) is 2. The number of carbonyl (C=O) groups excluding carboxylic acids is 1. The Morgan fingerprint density at radius 1 is 1.53 bits per heavy atom. The van der Waals surface area contributed by atoms with Gasteiger partial charge in [0, 0.05) is 11.3 Å². The van der Waals surface area contributed by atoms with Gasteiger partial charge in [-0.25, -0.2) is 4.98 Å². The van der Waals surface area contributed by atoms with Crippen LogP contribution in [0.1, 0.15) is 17.5 Å². The lowest BCUT2D eigenvalue weighted by Gasteiger charge is -2.20. The number of hydrogen-bond donors (Lipinski definition) is 3. The number of aromatic amines is 1. The van der Waals surface area contributed by atoms with Crippen LogP contribution in [0.4, 0.5) is 0 Å². The van der Waals surface area contributed by atoms with E-state index in [0.29, 0.717) is 5.82 Å². The molecule has 0 fully saturated rings. The average Bonchev–Trinajstić information content (AvgIpc) is 2.84. The van der Waals surface area contributed by atoms with E-state index < -0.39 is 0 Å². The number of imidazole rings is 1. The molecular weight excluding hydrogens is 262 g/mol. The molecule has 1 aromatic heterocycles. The summed E-state index contributed by atoms with van der Waals surface area (Å²) < 4.78 is 0. The van der Waals surface area contributed by atoms with E-state index in [1.54, 1.807) is 0 Å². The summed E-state index contributed by atoms with van der Waals surface area (Å²) in [6.45, 7) is 1.90. The summed E-state index contributed by atoms with van der Waals surface area (Å²) in [6, 6.07) is 7.37. The Kier molecular flexibility index (Phi) is 4.44. The molecule has 2 atom stereocenters. The van der Waals surface area contributed by atoms with Crippen molar-refractivity contribution in [1.82, 2.24) is 15.3 Å². The number of aromatic nitrogens is 2. The number of thioether (sulfide) groups is 1. The number of fused-ring (bicyclic) bond motifs is 1. The zero-order chi connectivity index (χ0) is 13.8. The van der Waals surface area contributed by atoms with Gasteiger partial charge in [-0.3, -0.25) is 4.79 Å². The quantitative estimate of drug-likeness (QED) is 0.773. The molecular formula is C13H17N3O2S. The van der Waals surface area contributed by atoms with Crippen LogP contribution < -0.4 is 5.32 Å². The molecule has 0 spiro atoms. The van der Waals surface area contributed by atoms with Gasteiger partial charge in [0.15, 0.2) is 5.82 Å². The zero-order valence-corrected chi connectivity index (χ0v) is 11.7. The molecule has 102 valence electrons. The second-order valence-electron chi connectivity index (χ2n) is 4.32. The highest BCUT2D eigenvalue weighted by atomic mass is 32.2. The van der Waals surface area contributed by atoms with E-state index >= 15 is 0 Å². The fraction of sp³-hybridized carbons (Fsp3) is 0.385. The van der Waals surface area contributed by atoms with Crippen LogP contribution in [0.25, 0.3) is 11.0 Å². The van der Waals surface area contributed by atoms with Gasteiger partial charge >= 0.3 is 0 Å². The Labute approximate surface area is 115 Å². The number of aliphatic hydroxyl groups is 1. The van der Waals surface area contributed by atoms with E-state index in [2.05, 4.69) is 15.3 Å². The van der Waals surface area contributed by atoms with Gasteiger partial charge < -0.3 is 15.4 Å². The molecule has 0 aliphatic carbocycles. The molecule has 2 rings (SSSR count). The summed E-state index contributed by atoms with van der Waals surface area (Å²) in [5.74, 6) is 0.0436. The van der Waals surface area contributed by atoms with E-state index in [1.165, 1.54) is 11.8 Å². The Morgan fingerprint density at radius 3 is 2.89 bits per heavy atom. The van der Waals surface area contributed by atoms with Crippen molar-refractivity contribution in [2.75, 3.05) is 12.9 Å². The Hall–Kier alpha value is -1.53. The van der Waals surface area contributed by atoms with Crippen molar-refractivity contribution in [3.05, 3.63) is 30.1 Å². The molecule has 0 radical (unpaired) electrons. The normalized spacial score (nSPS) is 14.3. The van der Waals surface area contributed by atoms with E-state index in [4.69, 9.17) is 0 Å². The maximum absolute atomic E-state index is 12.1. The first kappa shape index (κ1) is 13.9. The molecule has 1 aromatic carbocycles. The molecule has 6 heteroatoms. The summed E-state index contributed by atoms with van der Waals surface area (Å²) in [4.78, 5) is 19.3. The summed E-state index contributed by atoms with van der Waals surface area (Å²) in [5.41, 5.74) is 1.60. The highest BCUT2D eigenvalue weighted by molar-refractivity contribution is 7.99. The lowest BCUT2D eigenvalue weighted by Crippen LogP contribution is -2.41. The number of benzene rings is 1. The van der Waals surface area contributed by atoms with Gasteiger partial charge in [-0.15, -0.1) is 0 Å². The molecule has 5 nitrogen and oxygen atoms in total. The molecule has 0 aliphatic heterocycles. The average molecular weight is 279 g/mol. The minimum atomic E-state index is -0.254. The van der Waals surface area contributed by atoms with E-state index in [-0.39, 0.29) is 23.8 Å². The van der Waals surface area contributed by atoms with Crippen LogP contribution in [-0.4, -0.2) is 45.1 Å². The molecule has 0 saturated heterocycles. The molecule has 0 bridgehead atoms. The first-order valence-corrected chi connectivity index (χ1v) is 7.33. The number of aliphatic hydroxyl groups excluding tert-OH is 1. The number of nitrogens with zero attached hydrogens (tertiary/aromatic N) is 1. The van der Waals surface area contributed by atoms with Crippen molar-refractivity contribution in [3.63, 3.8) is 0 Å². The SMILES string of the molecule is CS[C@H](CO)[C@H](C)NC(=O)c1nc2ccccc2[nH]1. The topological polar surface area (TPSA) is 78.0 Å². The van der Waals surface area contributed by atoms with E-state index in [0.717, 1.165) is 11.0 Å². The fourth-order valence-corrected chi connectivity index (χ4v) is 2.49. The van der Waals surface area contributed by atoms with Crippen LogP contribution in [0.5, 0.6) is 0 Å². The monoisotopic (exact) mass is 279 g/mol.